The average Bonchev–Trinajstić information content (AvgIpc) is 3.06. The minimum Gasteiger partial charge on any atom is -0.339 e. The van der Waals surface area contributed by atoms with Gasteiger partial charge in [-0.05, 0) is 56.9 Å². The first kappa shape index (κ1) is 15.0. The van der Waals surface area contributed by atoms with E-state index in [-0.39, 0.29) is 0 Å². The zero-order chi connectivity index (χ0) is 15.0. The first-order valence-electron chi connectivity index (χ1n) is 8.52. The van der Waals surface area contributed by atoms with Crippen LogP contribution in [0, 0.1) is 11.3 Å². The maximum Gasteiger partial charge on any atom is 0.231 e. The van der Waals surface area contributed by atoms with Crippen molar-refractivity contribution in [2.45, 2.75) is 77.7 Å². The summed E-state index contributed by atoms with van der Waals surface area (Å²) in [6.07, 6.45) is 6.11. The van der Waals surface area contributed by atoms with Crippen LogP contribution in [0.15, 0.2) is 4.52 Å². The van der Waals surface area contributed by atoms with E-state index >= 15 is 0 Å². The van der Waals surface area contributed by atoms with Gasteiger partial charge in [-0.2, -0.15) is 4.98 Å². The molecule has 1 saturated heterocycles. The molecule has 2 heterocycles. The van der Waals surface area contributed by atoms with Gasteiger partial charge in [-0.25, -0.2) is 0 Å². The van der Waals surface area contributed by atoms with Crippen molar-refractivity contribution in [1.29, 1.82) is 0 Å². The third-order valence-corrected chi connectivity index (χ3v) is 5.62. The second-order valence-electron chi connectivity index (χ2n) is 8.04. The van der Waals surface area contributed by atoms with E-state index in [1.165, 1.54) is 25.7 Å². The normalized spacial score (nSPS) is 34.3. The lowest BCUT2D eigenvalue weighted by molar-refractivity contribution is 0.166. The van der Waals surface area contributed by atoms with Crippen LogP contribution in [0.5, 0.6) is 0 Å². The Kier molecular flexibility index (Phi) is 4.08. The summed E-state index contributed by atoms with van der Waals surface area (Å²) >= 11 is 0. The predicted octanol–water partition coefficient (Wildman–Crippen LogP) is 3.85. The van der Waals surface area contributed by atoms with E-state index in [1.54, 1.807) is 0 Å². The van der Waals surface area contributed by atoms with Crippen molar-refractivity contribution < 1.29 is 4.52 Å². The highest BCUT2D eigenvalue weighted by molar-refractivity contribution is 5.05. The van der Waals surface area contributed by atoms with Crippen molar-refractivity contribution in [3.8, 4) is 0 Å². The van der Waals surface area contributed by atoms with Gasteiger partial charge < -0.3 is 9.84 Å². The van der Waals surface area contributed by atoms with Gasteiger partial charge >= 0.3 is 0 Å². The molecule has 118 valence electrons. The topological polar surface area (TPSA) is 51.0 Å². The number of nitrogens with zero attached hydrogens (tertiary/aromatic N) is 2. The third kappa shape index (κ3) is 3.15. The van der Waals surface area contributed by atoms with Crippen LogP contribution in [0.3, 0.4) is 0 Å². The maximum atomic E-state index is 5.57. The Labute approximate surface area is 128 Å². The van der Waals surface area contributed by atoms with Gasteiger partial charge in [0.25, 0.3) is 0 Å². The summed E-state index contributed by atoms with van der Waals surface area (Å²) in [5.74, 6) is 3.54. The summed E-state index contributed by atoms with van der Waals surface area (Å²) in [5.41, 5.74) is 0.429. The van der Waals surface area contributed by atoms with Crippen LogP contribution in [0.1, 0.15) is 83.3 Å². The van der Waals surface area contributed by atoms with Crippen LogP contribution in [-0.4, -0.2) is 22.7 Å². The molecule has 4 nitrogen and oxygen atoms in total. The van der Waals surface area contributed by atoms with Gasteiger partial charge in [0.05, 0.1) is 5.92 Å². The molecule has 0 spiro atoms. The van der Waals surface area contributed by atoms with E-state index < -0.39 is 0 Å². The van der Waals surface area contributed by atoms with Crippen molar-refractivity contribution in [2.75, 3.05) is 6.54 Å². The molecule has 21 heavy (non-hydrogen) atoms. The Morgan fingerprint density at radius 1 is 1.10 bits per heavy atom. The summed E-state index contributed by atoms with van der Waals surface area (Å²) in [5, 5.41) is 7.74. The lowest BCUT2D eigenvalue weighted by Gasteiger charge is -2.36. The Balaban J connectivity index is 1.63. The molecular formula is C17H29N3O. The zero-order valence-electron chi connectivity index (χ0n) is 13.9. The first-order valence-corrected chi connectivity index (χ1v) is 8.52. The van der Waals surface area contributed by atoms with E-state index in [0.29, 0.717) is 23.3 Å². The van der Waals surface area contributed by atoms with Gasteiger partial charge in [0.15, 0.2) is 5.82 Å². The van der Waals surface area contributed by atoms with Crippen LogP contribution >= 0.6 is 0 Å². The van der Waals surface area contributed by atoms with Crippen molar-refractivity contribution >= 4 is 0 Å². The highest BCUT2D eigenvalue weighted by Crippen LogP contribution is 2.42. The van der Waals surface area contributed by atoms with E-state index in [1.807, 2.05) is 0 Å². The standard InChI is InChI=1S/C17H29N3O/c1-11-14(9-10-18-11)16-19-15(20-21-16)12-5-7-13(8-6-12)17(2,3)4/h11-14,18H,5-10H2,1-4H3. The highest BCUT2D eigenvalue weighted by atomic mass is 16.5. The molecule has 2 fully saturated rings. The number of aromatic nitrogens is 2. The van der Waals surface area contributed by atoms with Gasteiger partial charge in [-0.3, -0.25) is 0 Å². The number of rotatable bonds is 2. The molecule has 0 radical (unpaired) electrons. The van der Waals surface area contributed by atoms with Gasteiger partial charge in [-0.15, -0.1) is 0 Å². The minimum absolute atomic E-state index is 0.400. The van der Waals surface area contributed by atoms with E-state index in [9.17, 15) is 0 Å². The zero-order valence-corrected chi connectivity index (χ0v) is 13.9. The lowest BCUT2D eigenvalue weighted by atomic mass is 9.70. The van der Waals surface area contributed by atoms with Crippen LogP contribution in [0.25, 0.3) is 0 Å². The Hall–Kier alpha value is -0.900. The van der Waals surface area contributed by atoms with Gasteiger partial charge in [0.1, 0.15) is 0 Å². The summed E-state index contributed by atoms with van der Waals surface area (Å²) in [4.78, 5) is 4.74. The second kappa shape index (κ2) is 5.71. The van der Waals surface area contributed by atoms with Gasteiger partial charge in [0.2, 0.25) is 5.89 Å². The fraction of sp³-hybridized carbons (Fsp3) is 0.882. The van der Waals surface area contributed by atoms with Crippen LogP contribution in [0.2, 0.25) is 0 Å². The summed E-state index contributed by atoms with van der Waals surface area (Å²) < 4.78 is 5.57. The fourth-order valence-corrected chi connectivity index (χ4v) is 3.98. The average molecular weight is 291 g/mol. The molecule has 4 heteroatoms. The molecule has 1 N–H and O–H groups in total. The summed E-state index contributed by atoms with van der Waals surface area (Å²) in [6.45, 7) is 10.3. The second-order valence-corrected chi connectivity index (χ2v) is 8.04. The molecular weight excluding hydrogens is 262 g/mol. The Morgan fingerprint density at radius 2 is 1.81 bits per heavy atom. The van der Waals surface area contributed by atoms with Crippen molar-refractivity contribution in [1.82, 2.24) is 15.5 Å². The van der Waals surface area contributed by atoms with Gasteiger partial charge in [-0.1, -0.05) is 25.9 Å². The van der Waals surface area contributed by atoms with E-state index in [2.05, 4.69) is 38.2 Å². The molecule has 1 aliphatic heterocycles. The molecule has 3 rings (SSSR count). The van der Waals surface area contributed by atoms with Crippen molar-refractivity contribution in [2.24, 2.45) is 11.3 Å². The predicted molar refractivity (Wildman–Crippen MR) is 83.3 cm³/mol. The summed E-state index contributed by atoms with van der Waals surface area (Å²) in [6, 6.07) is 0.454. The molecule has 0 aromatic carbocycles. The monoisotopic (exact) mass is 291 g/mol. The smallest absolute Gasteiger partial charge is 0.231 e. The van der Waals surface area contributed by atoms with Crippen LogP contribution in [0.4, 0.5) is 0 Å². The highest BCUT2D eigenvalue weighted by Gasteiger charge is 2.34. The molecule has 0 amide bonds. The largest absolute Gasteiger partial charge is 0.339 e. The fourth-order valence-electron chi connectivity index (χ4n) is 3.98. The molecule has 2 atom stereocenters. The van der Waals surface area contributed by atoms with Crippen LogP contribution < -0.4 is 5.32 Å². The number of hydrogen-bond donors (Lipinski definition) is 1. The van der Waals surface area contributed by atoms with Gasteiger partial charge in [0, 0.05) is 12.0 Å². The molecule has 2 aliphatic rings. The van der Waals surface area contributed by atoms with E-state index in [0.717, 1.165) is 30.6 Å². The number of hydrogen-bond acceptors (Lipinski definition) is 4. The Morgan fingerprint density at radius 3 is 2.38 bits per heavy atom. The minimum atomic E-state index is 0.400. The summed E-state index contributed by atoms with van der Waals surface area (Å²) in [7, 11) is 0. The molecule has 1 aliphatic carbocycles. The molecule has 2 unspecified atom stereocenters. The molecule has 1 aromatic heterocycles. The SMILES string of the molecule is CC1NCCC1c1nc(C2CCC(C(C)(C)C)CC2)no1. The number of nitrogens with one attached hydrogen (secondary N) is 1. The molecule has 0 bridgehead atoms. The quantitative estimate of drug-likeness (QED) is 0.899. The van der Waals surface area contributed by atoms with Crippen molar-refractivity contribution in [3.63, 3.8) is 0 Å². The molecule has 1 aromatic rings. The first-order chi connectivity index (χ1) is 9.95. The third-order valence-electron chi connectivity index (χ3n) is 5.62. The van der Waals surface area contributed by atoms with Crippen molar-refractivity contribution in [3.05, 3.63) is 11.7 Å². The van der Waals surface area contributed by atoms with E-state index in [4.69, 9.17) is 9.51 Å². The Bertz CT molecular complexity index is 469. The maximum absolute atomic E-state index is 5.57. The molecule has 1 saturated carbocycles. The van der Waals surface area contributed by atoms with Crippen LogP contribution in [-0.2, 0) is 0 Å². The lowest BCUT2D eigenvalue weighted by Crippen LogP contribution is -2.25.